The number of aromatic nitrogens is 4. The molecule has 1 unspecified atom stereocenters. The molecule has 2 aliphatic rings. The van der Waals surface area contributed by atoms with Gasteiger partial charge in [-0.2, -0.15) is 14.8 Å². The first-order chi connectivity index (χ1) is 17.9. The third kappa shape index (κ3) is 5.13. The minimum Gasteiger partial charge on any atom is -0.438 e. The Kier molecular flexibility index (Phi) is 7.31. The highest BCUT2D eigenvalue weighted by Crippen LogP contribution is 2.36. The molecule has 2 aromatic heterocycles. The molecule has 1 aromatic carbocycles. The maximum Gasteiger partial charge on any atom is 0.290 e. The first kappa shape index (κ1) is 25.4. The van der Waals surface area contributed by atoms with Gasteiger partial charge < -0.3 is 19.5 Å². The number of fused-ring (bicyclic) bond motifs is 1. The summed E-state index contributed by atoms with van der Waals surface area (Å²) in [5, 5.41) is 14.0. The summed E-state index contributed by atoms with van der Waals surface area (Å²) >= 11 is 6.47. The van der Waals surface area contributed by atoms with Gasteiger partial charge in [0.2, 0.25) is 5.88 Å². The van der Waals surface area contributed by atoms with E-state index in [2.05, 4.69) is 15.1 Å². The molecule has 0 bridgehead atoms. The van der Waals surface area contributed by atoms with Crippen LogP contribution in [-0.4, -0.2) is 38.0 Å². The van der Waals surface area contributed by atoms with E-state index in [0.717, 1.165) is 25.0 Å². The van der Waals surface area contributed by atoms with E-state index in [9.17, 15) is 23.1 Å². The predicted molar refractivity (Wildman–Crippen MR) is 126 cm³/mol. The zero-order valence-electron chi connectivity index (χ0n) is 19.5. The molecule has 1 saturated heterocycles. The average Bonchev–Trinajstić information content (AvgIpc) is 2.91. The lowest BCUT2D eigenvalue weighted by Crippen LogP contribution is -2.36. The Bertz CT molecular complexity index is 1370. The number of benzene rings is 1. The van der Waals surface area contributed by atoms with Crippen molar-refractivity contribution in [2.45, 2.75) is 51.5 Å². The molecule has 1 N–H and O–H groups in total. The molecule has 0 spiro atoms. The lowest BCUT2D eigenvalue weighted by atomic mass is 10.1. The normalized spacial score (nSPS) is 17.7. The highest BCUT2D eigenvalue weighted by Gasteiger charge is 2.28. The van der Waals surface area contributed by atoms with Gasteiger partial charge in [-0.15, -0.1) is 0 Å². The van der Waals surface area contributed by atoms with Crippen LogP contribution in [0.5, 0.6) is 11.6 Å². The van der Waals surface area contributed by atoms with E-state index in [0.29, 0.717) is 49.0 Å². The molecule has 5 rings (SSSR count). The van der Waals surface area contributed by atoms with Crippen LogP contribution in [0.1, 0.15) is 54.6 Å². The summed E-state index contributed by atoms with van der Waals surface area (Å²) in [5.41, 5.74) is 0.351. The second-order valence-electron chi connectivity index (χ2n) is 8.70. The average molecular weight is 538 g/mol. The predicted octanol–water partition coefficient (Wildman–Crippen LogP) is 4.31. The zero-order valence-corrected chi connectivity index (χ0v) is 20.3. The number of alkyl halides is 2. The quantitative estimate of drug-likeness (QED) is 0.496. The van der Waals surface area contributed by atoms with E-state index in [1.165, 1.54) is 10.9 Å². The molecule has 2 aliphatic heterocycles. The van der Waals surface area contributed by atoms with Crippen LogP contribution in [0.25, 0.3) is 0 Å². The minimum atomic E-state index is -2.97. The molecule has 0 saturated carbocycles. The van der Waals surface area contributed by atoms with Crippen molar-refractivity contribution in [3.8, 4) is 11.6 Å². The fraction of sp³-hybridized carbons (Fsp3) is 0.417. The summed E-state index contributed by atoms with van der Waals surface area (Å²) in [6, 6.07) is 2.83. The van der Waals surface area contributed by atoms with E-state index in [-0.39, 0.29) is 29.0 Å². The van der Waals surface area contributed by atoms with Crippen LogP contribution in [0.2, 0.25) is 5.02 Å². The van der Waals surface area contributed by atoms with Gasteiger partial charge in [-0.05, 0) is 43.9 Å². The molecule has 1 fully saturated rings. The SMILES string of the molecule is O=c1c(Cl)c(N2CCc3c(nc(CO)nc3Oc3ccc(F)cc3C(F)F)C2)cnn1C1CCCCO1. The van der Waals surface area contributed by atoms with Crippen molar-refractivity contribution in [1.82, 2.24) is 19.7 Å². The van der Waals surface area contributed by atoms with Gasteiger partial charge in [-0.25, -0.2) is 18.2 Å². The third-order valence-corrected chi connectivity index (χ3v) is 6.68. The molecule has 13 heteroatoms. The van der Waals surface area contributed by atoms with E-state index in [1.807, 2.05) is 4.90 Å². The number of aliphatic hydroxyl groups is 1. The number of hydrogen-bond donors (Lipinski definition) is 1. The molecule has 0 aliphatic carbocycles. The Morgan fingerprint density at radius 1 is 1.27 bits per heavy atom. The first-order valence-electron chi connectivity index (χ1n) is 11.7. The van der Waals surface area contributed by atoms with Crippen molar-refractivity contribution in [3.63, 3.8) is 0 Å². The van der Waals surface area contributed by atoms with Crippen LogP contribution >= 0.6 is 11.6 Å². The number of nitrogens with zero attached hydrogens (tertiary/aromatic N) is 5. The fourth-order valence-electron chi connectivity index (χ4n) is 4.47. The Labute approximate surface area is 214 Å². The highest BCUT2D eigenvalue weighted by molar-refractivity contribution is 6.33. The number of hydrogen-bond acceptors (Lipinski definition) is 8. The minimum absolute atomic E-state index is 0.00343. The van der Waals surface area contributed by atoms with Crippen LogP contribution in [0.4, 0.5) is 18.9 Å². The lowest BCUT2D eigenvalue weighted by Gasteiger charge is -2.31. The van der Waals surface area contributed by atoms with Crippen molar-refractivity contribution >= 4 is 17.3 Å². The second-order valence-corrected chi connectivity index (χ2v) is 9.08. The van der Waals surface area contributed by atoms with Crippen molar-refractivity contribution in [2.24, 2.45) is 0 Å². The molecule has 1 atom stereocenters. The van der Waals surface area contributed by atoms with Crippen LogP contribution in [0.15, 0.2) is 29.2 Å². The molecule has 9 nitrogen and oxygen atoms in total. The van der Waals surface area contributed by atoms with Gasteiger partial charge in [0.15, 0.2) is 12.1 Å². The topological polar surface area (TPSA) is 103 Å². The smallest absolute Gasteiger partial charge is 0.290 e. The number of ether oxygens (including phenoxy) is 2. The third-order valence-electron chi connectivity index (χ3n) is 6.32. The van der Waals surface area contributed by atoms with Crippen LogP contribution in [0.3, 0.4) is 0 Å². The Morgan fingerprint density at radius 2 is 2.11 bits per heavy atom. The van der Waals surface area contributed by atoms with Gasteiger partial charge in [0.25, 0.3) is 12.0 Å². The maximum absolute atomic E-state index is 13.5. The number of anilines is 1. The van der Waals surface area contributed by atoms with Crippen molar-refractivity contribution in [2.75, 3.05) is 18.1 Å². The molecular weight excluding hydrogens is 515 g/mol. The summed E-state index contributed by atoms with van der Waals surface area (Å²) in [7, 11) is 0. The maximum atomic E-state index is 13.5. The van der Waals surface area contributed by atoms with Crippen molar-refractivity contribution in [1.29, 1.82) is 0 Å². The standard InChI is InChI=1S/C24H23ClF3N5O4/c25-21-17(10-29-33(24(21)35)20-3-1-2-8-36-20)32-7-6-14-16(11-32)30-19(12-34)31-23(14)37-18-5-4-13(26)9-15(18)22(27)28/h4-5,9-10,20,22,34H,1-3,6-8,11-12H2. The summed E-state index contributed by atoms with van der Waals surface area (Å²) in [6.45, 7) is 0.585. The molecular formula is C24H23ClF3N5O4. The summed E-state index contributed by atoms with van der Waals surface area (Å²) in [5.74, 6) is -1.05. The van der Waals surface area contributed by atoms with Crippen molar-refractivity contribution in [3.05, 3.63) is 68.2 Å². The van der Waals surface area contributed by atoms with Crippen LogP contribution in [0, 0.1) is 5.82 Å². The molecule has 0 radical (unpaired) electrons. The number of aliphatic hydroxyl groups excluding tert-OH is 1. The van der Waals surface area contributed by atoms with Crippen LogP contribution in [-0.2, 0) is 24.3 Å². The van der Waals surface area contributed by atoms with Gasteiger partial charge in [-0.1, -0.05) is 11.6 Å². The zero-order chi connectivity index (χ0) is 26.1. The van der Waals surface area contributed by atoms with Crippen LogP contribution < -0.4 is 15.2 Å². The van der Waals surface area contributed by atoms with Crippen molar-refractivity contribution < 1.29 is 27.8 Å². The molecule has 37 heavy (non-hydrogen) atoms. The number of halogens is 4. The molecule has 3 aromatic rings. The van der Waals surface area contributed by atoms with E-state index in [4.69, 9.17) is 21.1 Å². The van der Waals surface area contributed by atoms with Gasteiger partial charge >= 0.3 is 0 Å². The Morgan fingerprint density at radius 3 is 2.84 bits per heavy atom. The van der Waals surface area contributed by atoms with E-state index < -0.39 is 36.2 Å². The summed E-state index contributed by atoms with van der Waals surface area (Å²) in [6.07, 6.45) is 0.933. The first-order valence-corrected chi connectivity index (χ1v) is 12.1. The molecule has 4 heterocycles. The Balaban J connectivity index is 1.45. The van der Waals surface area contributed by atoms with Gasteiger partial charge in [0.05, 0.1) is 29.7 Å². The van der Waals surface area contributed by atoms with E-state index in [1.54, 1.807) is 0 Å². The van der Waals surface area contributed by atoms with Gasteiger partial charge in [-0.3, -0.25) is 4.79 Å². The van der Waals surface area contributed by atoms with E-state index >= 15 is 0 Å². The Hall–Kier alpha value is -3.22. The monoisotopic (exact) mass is 537 g/mol. The summed E-state index contributed by atoms with van der Waals surface area (Å²) in [4.78, 5) is 23.3. The largest absolute Gasteiger partial charge is 0.438 e. The summed E-state index contributed by atoms with van der Waals surface area (Å²) < 4.78 is 53.1. The molecule has 0 amide bonds. The second kappa shape index (κ2) is 10.6. The number of rotatable bonds is 6. The lowest BCUT2D eigenvalue weighted by molar-refractivity contribution is -0.0424. The molecule has 196 valence electrons. The van der Waals surface area contributed by atoms with Gasteiger partial charge in [0.1, 0.15) is 23.2 Å². The highest BCUT2D eigenvalue weighted by atomic mass is 35.5. The fourth-order valence-corrected chi connectivity index (χ4v) is 4.73. The van der Waals surface area contributed by atoms with Gasteiger partial charge in [0, 0.05) is 18.7 Å².